The third-order valence-electron chi connectivity index (χ3n) is 13.3. The lowest BCUT2D eigenvalue weighted by Crippen LogP contribution is -2.07. The zero-order valence-corrected chi connectivity index (χ0v) is 41.4. The first-order chi connectivity index (χ1) is 34.2. The summed E-state index contributed by atoms with van der Waals surface area (Å²) in [4.78, 5) is 7.37. The molecular weight excluding hydrogens is 955 g/mol. The van der Waals surface area contributed by atoms with Crippen LogP contribution in [0.2, 0.25) is 0 Å². The molecule has 15 rings (SSSR count). The Hall–Kier alpha value is -7.08. The number of hydrogen-bond donors (Lipinski definition) is 0. The fraction of sp³-hybridized carbons (Fsp3) is 0. The van der Waals surface area contributed by atoms with Crippen molar-refractivity contribution in [3.63, 3.8) is 0 Å². The average Bonchev–Trinajstić information content (AvgIpc) is 4.26. The lowest BCUT2D eigenvalue weighted by atomic mass is 9.89. The van der Waals surface area contributed by atoms with Crippen molar-refractivity contribution in [2.75, 3.05) is 14.7 Å². The van der Waals surface area contributed by atoms with Gasteiger partial charge in [0.2, 0.25) is 0 Å². The van der Waals surface area contributed by atoms with Crippen LogP contribution in [0.5, 0.6) is 0 Å². The van der Waals surface area contributed by atoms with Crippen LogP contribution in [-0.2, 0) is 0 Å². The van der Waals surface area contributed by atoms with Gasteiger partial charge in [0, 0.05) is 46.9 Å². The second-order valence-electron chi connectivity index (χ2n) is 17.2. The Kier molecular flexibility index (Phi) is 9.09. The van der Waals surface area contributed by atoms with Crippen molar-refractivity contribution >= 4 is 197 Å². The lowest BCUT2D eigenvalue weighted by Gasteiger charge is -2.25. The van der Waals surface area contributed by atoms with E-state index in [2.05, 4.69) is 227 Å². The van der Waals surface area contributed by atoms with Crippen LogP contribution < -0.4 is 14.7 Å². The van der Waals surface area contributed by atoms with Gasteiger partial charge in [0.25, 0.3) is 0 Å². The Morgan fingerprint density at radius 3 is 0.986 bits per heavy atom. The summed E-state index contributed by atoms with van der Waals surface area (Å²) in [6, 6.07) is 78.0. The van der Waals surface area contributed by atoms with E-state index in [0.29, 0.717) is 0 Å². The predicted octanol–water partition coefficient (Wildman–Crippen LogP) is 21.1. The summed E-state index contributed by atoms with van der Waals surface area (Å²) in [7, 11) is 0. The van der Waals surface area contributed by atoms with Crippen LogP contribution in [0, 0.1) is 0 Å². The molecule has 0 fully saturated rings. The highest BCUT2D eigenvalue weighted by molar-refractivity contribution is 7.41. The monoisotopic (exact) mass is 989 g/mol. The van der Waals surface area contributed by atoms with Gasteiger partial charge >= 0.3 is 0 Å². The topological polar surface area (TPSA) is 9.72 Å². The van der Waals surface area contributed by atoms with Gasteiger partial charge in [-0.3, -0.25) is 4.90 Å². The van der Waals surface area contributed by atoms with Crippen LogP contribution in [0.15, 0.2) is 212 Å². The number of benzene rings is 9. The molecule has 0 aliphatic rings. The zero-order valence-electron chi connectivity index (χ0n) is 36.5. The molecule has 0 bridgehead atoms. The largest absolute Gasteiger partial charge is 0.302 e. The first-order valence-corrected chi connectivity index (χ1v) is 27.7. The van der Waals surface area contributed by atoms with Crippen LogP contribution in [0.3, 0.4) is 0 Å². The van der Waals surface area contributed by atoms with Crippen LogP contribution in [0.4, 0.5) is 48.4 Å². The lowest BCUT2D eigenvalue weighted by molar-refractivity contribution is 1.32. The van der Waals surface area contributed by atoms with Gasteiger partial charge in [-0.05, 0) is 117 Å². The van der Waals surface area contributed by atoms with Gasteiger partial charge in [0.1, 0.15) is 20.0 Å². The maximum atomic E-state index is 2.58. The quantitative estimate of drug-likeness (QED) is 0.105. The minimum atomic E-state index is 1.16. The average molecular weight is 990 g/mol. The van der Waals surface area contributed by atoms with Crippen molar-refractivity contribution in [1.29, 1.82) is 0 Å². The van der Waals surface area contributed by atoms with Crippen LogP contribution in [0.25, 0.3) is 80.7 Å². The number of hydrogen-bond acceptors (Lipinski definition) is 9. The molecule has 9 heteroatoms. The Labute approximate surface area is 420 Å². The van der Waals surface area contributed by atoms with E-state index in [9.17, 15) is 0 Å². The van der Waals surface area contributed by atoms with Crippen molar-refractivity contribution in [3.05, 3.63) is 212 Å². The SMILES string of the molecule is c1ccc(N(c2ccccc2)c2cc3sc4cc(N(c5cc6sc7cc(N(c8ccccc8)c8ccccc8)sc7c6s5)c5ccc6c7cccc8cccc(c9cccc5c96)c87)sc4c3s2)cc1. The van der Waals surface area contributed by atoms with Gasteiger partial charge in [-0.25, -0.2) is 0 Å². The molecule has 0 unspecified atom stereocenters. The van der Waals surface area contributed by atoms with Crippen LogP contribution in [0.1, 0.15) is 0 Å². The fourth-order valence-corrected chi connectivity index (χ4v) is 18.6. The minimum Gasteiger partial charge on any atom is -0.302 e. The van der Waals surface area contributed by atoms with Crippen molar-refractivity contribution in [2.45, 2.75) is 0 Å². The van der Waals surface area contributed by atoms with Crippen molar-refractivity contribution in [3.8, 4) is 0 Å². The summed E-state index contributed by atoms with van der Waals surface area (Å²) < 4.78 is 10.7. The number of anilines is 9. The molecule has 9 aromatic carbocycles. The molecule has 0 saturated carbocycles. The highest BCUT2D eigenvalue weighted by Gasteiger charge is 2.27. The molecule has 15 aromatic rings. The molecule has 3 nitrogen and oxygen atoms in total. The molecule has 0 aliphatic heterocycles. The summed E-state index contributed by atoms with van der Waals surface area (Å²) in [6.45, 7) is 0. The first kappa shape index (κ1) is 39.9. The Morgan fingerprint density at radius 2 is 0.580 bits per heavy atom. The second kappa shape index (κ2) is 15.7. The highest BCUT2D eigenvalue weighted by Crippen LogP contribution is 2.57. The summed E-state index contributed by atoms with van der Waals surface area (Å²) in [5.74, 6) is 0. The van der Waals surface area contributed by atoms with Crippen molar-refractivity contribution < 1.29 is 0 Å². The van der Waals surface area contributed by atoms with E-state index in [1.54, 1.807) is 0 Å². The van der Waals surface area contributed by atoms with Gasteiger partial charge in [-0.2, -0.15) is 0 Å². The number of para-hydroxylation sites is 4. The fourth-order valence-electron chi connectivity index (χ4n) is 10.3. The summed E-state index contributed by atoms with van der Waals surface area (Å²) in [6.07, 6.45) is 0. The Bertz CT molecular complexity index is 4070. The van der Waals surface area contributed by atoms with Crippen LogP contribution in [-0.4, -0.2) is 0 Å². The molecule has 0 radical (unpaired) electrons. The van der Waals surface area contributed by atoms with Crippen molar-refractivity contribution in [1.82, 2.24) is 0 Å². The Balaban J connectivity index is 0.929. The van der Waals surface area contributed by atoms with Crippen molar-refractivity contribution in [2.24, 2.45) is 0 Å². The maximum Gasteiger partial charge on any atom is 0.103 e. The van der Waals surface area contributed by atoms with E-state index in [1.165, 1.54) is 106 Å². The van der Waals surface area contributed by atoms with E-state index in [-0.39, 0.29) is 0 Å². The highest BCUT2D eigenvalue weighted by atomic mass is 32.1. The van der Waals surface area contributed by atoms with Gasteiger partial charge in [0.15, 0.2) is 0 Å². The van der Waals surface area contributed by atoms with Gasteiger partial charge < -0.3 is 9.80 Å². The molecule has 0 spiro atoms. The zero-order chi connectivity index (χ0) is 45.2. The standard InChI is InChI=1S/C60H35N3S6/c1-5-18-37(19-6-1)61(38-20-7-2-8-21-38)51-32-47-57(66-51)59-49(64-47)34-53(68-59)63(46-31-30-44-42-27-14-17-36-16-13-26-41(55(36)42)43-28-15-29-45(46)56(43)44)54-35-50-60(69-54)58-48(65-50)33-52(67-58)62(39-22-9-3-10-23-39)40-24-11-4-12-25-40/h1-35H. The first-order valence-electron chi connectivity index (χ1n) is 22.8. The maximum absolute atomic E-state index is 2.58. The molecular formula is C60H35N3S6. The molecule has 0 N–H and O–H groups in total. The second-order valence-corrected chi connectivity index (χ2v) is 23.5. The summed E-state index contributed by atoms with van der Waals surface area (Å²) in [5, 5.41) is 15.3. The molecule has 6 heterocycles. The van der Waals surface area contributed by atoms with E-state index < -0.39 is 0 Å². The number of fused-ring (bicyclic) bond motifs is 8. The minimum absolute atomic E-state index is 1.16. The molecule has 0 amide bonds. The number of thiophene rings is 6. The van der Waals surface area contributed by atoms with Gasteiger partial charge in [-0.15, -0.1) is 68.0 Å². The molecule has 0 atom stereocenters. The van der Waals surface area contributed by atoms with Gasteiger partial charge in [0.05, 0.1) is 24.5 Å². The predicted molar refractivity (Wildman–Crippen MR) is 309 cm³/mol. The molecule has 0 saturated heterocycles. The normalized spacial score (nSPS) is 12.1. The summed E-state index contributed by atoms with van der Waals surface area (Å²) in [5.41, 5.74) is 5.84. The number of nitrogens with zero attached hydrogens (tertiary/aromatic N) is 3. The van der Waals surface area contributed by atoms with Gasteiger partial charge in [-0.1, -0.05) is 133 Å². The van der Waals surface area contributed by atoms with E-state index >= 15 is 0 Å². The number of rotatable bonds is 9. The smallest absolute Gasteiger partial charge is 0.103 e. The van der Waals surface area contributed by atoms with E-state index in [4.69, 9.17) is 0 Å². The Morgan fingerprint density at radius 1 is 0.246 bits per heavy atom. The third kappa shape index (κ3) is 6.25. The third-order valence-corrected chi connectivity index (χ3v) is 20.8. The molecule has 326 valence electrons. The molecule has 6 aromatic heterocycles. The van der Waals surface area contributed by atoms with E-state index in [0.717, 1.165) is 22.7 Å². The van der Waals surface area contributed by atoms with E-state index in [1.807, 2.05) is 68.0 Å². The summed E-state index contributed by atoms with van der Waals surface area (Å²) >= 11 is 11.5. The molecule has 0 aliphatic carbocycles. The van der Waals surface area contributed by atoms with Crippen LogP contribution >= 0.6 is 68.0 Å². The molecule has 69 heavy (non-hydrogen) atoms.